The zero-order chi connectivity index (χ0) is 16.8. The molecule has 2 amide bonds. The molecule has 132 valence electrons. The SMILES string of the molecule is C[C@@H]1CCCN(CCCNC(=O)N[C@@H]2CCOc3ccccc32)C1. The first-order valence-corrected chi connectivity index (χ1v) is 9.21. The molecule has 5 heteroatoms. The van der Waals surface area contributed by atoms with Crippen LogP contribution in [0, 0.1) is 5.92 Å². The molecule has 0 unspecified atom stereocenters. The smallest absolute Gasteiger partial charge is 0.315 e. The molecule has 5 nitrogen and oxygen atoms in total. The van der Waals surface area contributed by atoms with Crippen molar-refractivity contribution in [3.8, 4) is 5.75 Å². The maximum atomic E-state index is 12.1. The van der Waals surface area contributed by atoms with Crippen molar-refractivity contribution in [2.45, 2.75) is 38.6 Å². The third kappa shape index (κ3) is 4.63. The molecule has 0 spiro atoms. The van der Waals surface area contributed by atoms with E-state index in [1.165, 1.54) is 25.9 Å². The minimum absolute atomic E-state index is 0.0397. The first kappa shape index (κ1) is 17.1. The van der Waals surface area contributed by atoms with Gasteiger partial charge in [-0.05, 0) is 44.3 Å². The fraction of sp³-hybridized carbons (Fsp3) is 0.632. The predicted molar refractivity (Wildman–Crippen MR) is 95.3 cm³/mol. The minimum atomic E-state index is -0.0799. The summed E-state index contributed by atoms with van der Waals surface area (Å²) in [6.45, 7) is 7.17. The molecule has 2 aliphatic rings. The Morgan fingerprint density at radius 2 is 2.21 bits per heavy atom. The van der Waals surface area contributed by atoms with Crippen LogP contribution in [0.2, 0.25) is 0 Å². The number of likely N-dealkylation sites (tertiary alicyclic amines) is 1. The van der Waals surface area contributed by atoms with Crippen molar-refractivity contribution >= 4 is 6.03 Å². The van der Waals surface area contributed by atoms with Crippen LogP contribution in [0.4, 0.5) is 4.79 Å². The average Bonchev–Trinajstić information content (AvgIpc) is 2.59. The van der Waals surface area contributed by atoms with Gasteiger partial charge in [-0.15, -0.1) is 0 Å². The number of carbonyl (C=O) groups is 1. The van der Waals surface area contributed by atoms with Gasteiger partial charge >= 0.3 is 6.03 Å². The zero-order valence-corrected chi connectivity index (χ0v) is 14.6. The van der Waals surface area contributed by atoms with Crippen molar-refractivity contribution in [3.63, 3.8) is 0 Å². The lowest BCUT2D eigenvalue weighted by Gasteiger charge is -2.30. The molecule has 0 saturated carbocycles. The zero-order valence-electron chi connectivity index (χ0n) is 14.6. The number of hydrogen-bond acceptors (Lipinski definition) is 3. The summed E-state index contributed by atoms with van der Waals surface area (Å²) in [5.41, 5.74) is 1.07. The molecule has 24 heavy (non-hydrogen) atoms. The van der Waals surface area contributed by atoms with Gasteiger partial charge in [0, 0.05) is 25.1 Å². The van der Waals surface area contributed by atoms with Crippen LogP contribution in [-0.4, -0.2) is 43.7 Å². The highest BCUT2D eigenvalue weighted by Gasteiger charge is 2.22. The molecule has 1 fully saturated rings. The minimum Gasteiger partial charge on any atom is -0.493 e. The molecule has 2 heterocycles. The first-order chi connectivity index (χ1) is 11.7. The van der Waals surface area contributed by atoms with Crippen LogP contribution in [-0.2, 0) is 0 Å². The second kappa shape index (κ2) is 8.38. The van der Waals surface area contributed by atoms with E-state index in [0.717, 1.165) is 43.2 Å². The predicted octanol–water partition coefficient (Wildman–Crippen LogP) is 2.93. The molecule has 1 saturated heterocycles. The Balaban J connectivity index is 1.37. The van der Waals surface area contributed by atoms with Crippen molar-refractivity contribution in [1.29, 1.82) is 0 Å². The second-order valence-electron chi connectivity index (χ2n) is 7.03. The highest BCUT2D eigenvalue weighted by Crippen LogP contribution is 2.31. The van der Waals surface area contributed by atoms with Gasteiger partial charge in [-0.25, -0.2) is 4.79 Å². The van der Waals surface area contributed by atoms with Crippen LogP contribution in [0.1, 0.15) is 44.2 Å². The maximum Gasteiger partial charge on any atom is 0.315 e. The van der Waals surface area contributed by atoms with E-state index < -0.39 is 0 Å². The number of nitrogens with zero attached hydrogens (tertiary/aromatic N) is 1. The number of piperidine rings is 1. The number of fused-ring (bicyclic) bond motifs is 1. The van der Waals surface area contributed by atoms with Gasteiger partial charge in [0.15, 0.2) is 0 Å². The largest absolute Gasteiger partial charge is 0.493 e. The standard InChI is InChI=1S/C19H29N3O2/c1-15-6-4-11-22(14-15)12-5-10-20-19(23)21-17-9-13-24-18-8-3-2-7-16(17)18/h2-3,7-8,15,17H,4-6,9-14H2,1H3,(H2,20,21,23)/t15-,17-/m1/s1. The van der Waals surface area contributed by atoms with E-state index in [0.29, 0.717) is 6.61 Å². The summed E-state index contributed by atoms with van der Waals surface area (Å²) in [6.07, 6.45) is 4.47. The summed E-state index contributed by atoms with van der Waals surface area (Å²) in [5.74, 6) is 1.69. The summed E-state index contributed by atoms with van der Waals surface area (Å²) in [4.78, 5) is 14.7. The van der Waals surface area contributed by atoms with Crippen LogP contribution >= 0.6 is 0 Å². The Bertz CT molecular complexity index is 549. The molecule has 2 N–H and O–H groups in total. The van der Waals surface area contributed by atoms with Crippen LogP contribution in [0.15, 0.2) is 24.3 Å². The number of para-hydroxylation sites is 1. The second-order valence-corrected chi connectivity index (χ2v) is 7.03. The normalized spacial score (nSPS) is 23.9. The number of nitrogens with one attached hydrogen (secondary N) is 2. The molecule has 1 aromatic rings. The van der Waals surface area contributed by atoms with E-state index in [1.807, 2.05) is 24.3 Å². The van der Waals surface area contributed by atoms with Crippen molar-refractivity contribution < 1.29 is 9.53 Å². The monoisotopic (exact) mass is 331 g/mol. The summed E-state index contributed by atoms with van der Waals surface area (Å²) in [5, 5.41) is 6.07. The Hall–Kier alpha value is -1.75. The Labute approximate surface area is 144 Å². The number of hydrogen-bond donors (Lipinski definition) is 2. The molecule has 3 rings (SSSR count). The molecule has 2 atom stereocenters. The Morgan fingerprint density at radius 3 is 3.08 bits per heavy atom. The molecule has 2 aliphatic heterocycles. The lowest BCUT2D eigenvalue weighted by atomic mass is 10.0. The van der Waals surface area contributed by atoms with Crippen molar-refractivity contribution in [2.75, 3.05) is 32.8 Å². The van der Waals surface area contributed by atoms with Crippen LogP contribution in [0.25, 0.3) is 0 Å². The molecular weight excluding hydrogens is 302 g/mol. The van der Waals surface area contributed by atoms with Gasteiger partial charge in [-0.2, -0.15) is 0 Å². The van der Waals surface area contributed by atoms with E-state index in [4.69, 9.17) is 4.74 Å². The molecule has 0 bridgehead atoms. The van der Waals surface area contributed by atoms with Crippen LogP contribution < -0.4 is 15.4 Å². The van der Waals surface area contributed by atoms with Gasteiger partial charge in [-0.3, -0.25) is 0 Å². The van der Waals surface area contributed by atoms with Gasteiger partial charge in [-0.1, -0.05) is 25.1 Å². The Kier molecular flexibility index (Phi) is 5.96. The van der Waals surface area contributed by atoms with Crippen LogP contribution in [0.5, 0.6) is 5.75 Å². The molecule has 0 aliphatic carbocycles. The third-order valence-corrected chi connectivity index (χ3v) is 4.94. The average molecular weight is 331 g/mol. The summed E-state index contributed by atoms with van der Waals surface area (Å²) in [7, 11) is 0. The van der Waals surface area contributed by atoms with Crippen molar-refractivity contribution in [2.24, 2.45) is 5.92 Å². The van der Waals surface area contributed by atoms with Gasteiger partial charge < -0.3 is 20.3 Å². The quantitative estimate of drug-likeness (QED) is 0.816. The fourth-order valence-electron chi connectivity index (χ4n) is 3.70. The van der Waals surface area contributed by atoms with E-state index in [2.05, 4.69) is 22.5 Å². The molecule has 0 radical (unpaired) electrons. The van der Waals surface area contributed by atoms with Gasteiger partial charge in [0.1, 0.15) is 5.75 Å². The highest BCUT2D eigenvalue weighted by atomic mass is 16.5. The lowest BCUT2D eigenvalue weighted by molar-refractivity contribution is 0.181. The number of carbonyl (C=O) groups excluding carboxylic acids is 1. The van der Waals surface area contributed by atoms with E-state index >= 15 is 0 Å². The van der Waals surface area contributed by atoms with Crippen molar-refractivity contribution in [1.82, 2.24) is 15.5 Å². The number of urea groups is 1. The number of amides is 2. The topological polar surface area (TPSA) is 53.6 Å². The van der Waals surface area contributed by atoms with E-state index in [1.54, 1.807) is 0 Å². The van der Waals surface area contributed by atoms with Crippen LogP contribution in [0.3, 0.4) is 0 Å². The maximum absolute atomic E-state index is 12.1. The highest BCUT2D eigenvalue weighted by molar-refractivity contribution is 5.74. The van der Waals surface area contributed by atoms with Gasteiger partial charge in [0.2, 0.25) is 0 Å². The molecule has 0 aromatic heterocycles. The van der Waals surface area contributed by atoms with Gasteiger partial charge in [0.25, 0.3) is 0 Å². The lowest BCUT2D eigenvalue weighted by Crippen LogP contribution is -2.41. The summed E-state index contributed by atoms with van der Waals surface area (Å²) >= 11 is 0. The number of benzene rings is 1. The summed E-state index contributed by atoms with van der Waals surface area (Å²) < 4.78 is 5.63. The molecular formula is C19H29N3O2. The summed E-state index contributed by atoms with van der Waals surface area (Å²) in [6, 6.07) is 7.89. The van der Waals surface area contributed by atoms with Gasteiger partial charge in [0.05, 0.1) is 12.6 Å². The fourth-order valence-corrected chi connectivity index (χ4v) is 3.70. The number of rotatable bonds is 5. The van der Waals surface area contributed by atoms with Crippen molar-refractivity contribution in [3.05, 3.63) is 29.8 Å². The van der Waals surface area contributed by atoms with E-state index in [-0.39, 0.29) is 12.1 Å². The first-order valence-electron chi connectivity index (χ1n) is 9.21. The molecule has 1 aromatic carbocycles. The third-order valence-electron chi connectivity index (χ3n) is 4.94. The Morgan fingerprint density at radius 1 is 1.33 bits per heavy atom. The number of ether oxygens (including phenoxy) is 1. The van der Waals surface area contributed by atoms with E-state index in [9.17, 15) is 4.79 Å².